The van der Waals surface area contributed by atoms with Crippen LogP contribution in [0.3, 0.4) is 0 Å². The first kappa shape index (κ1) is 26.4. The SMILES string of the molecule is Cn1cnc2cc(NC(=O)C(Cc3ccccc3)n3cnc(-c4cc(Cl)ccc4-n4cc(Cl)nn4)cc3=O)cnc21. The summed E-state index contributed by atoms with van der Waals surface area (Å²) < 4.78 is 4.57. The summed E-state index contributed by atoms with van der Waals surface area (Å²) in [5.41, 5.74) is 3.71. The van der Waals surface area contributed by atoms with Gasteiger partial charge in [0.25, 0.3) is 5.56 Å². The molecule has 0 spiro atoms. The van der Waals surface area contributed by atoms with Gasteiger partial charge in [-0.3, -0.25) is 14.2 Å². The Morgan fingerprint density at radius 1 is 1.00 bits per heavy atom. The van der Waals surface area contributed by atoms with Crippen LogP contribution in [0, 0.1) is 0 Å². The fraction of sp³-hybridized carbons (Fsp3) is 0.107. The lowest BCUT2D eigenvalue weighted by atomic mass is 10.0. The Hall–Kier alpha value is -4.87. The van der Waals surface area contributed by atoms with Gasteiger partial charge in [0.05, 0.1) is 42.1 Å². The van der Waals surface area contributed by atoms with Gasteiger partial charge in [-0.15, -0.1) is 5.10 Å². The Morgan fingerprint density at radius 2 is 1.83 bits per heavy atom. The maximum atomic E-state index is 13.7. The van der Waals surface area contributed by atoms with Crippen molar-refractivity contribution in [2.45, 2.75) is 12.5 Å². The van der Waals surface area contributed by atoms with Crippen LogP contribution in [-0.2, 0) is 18.3 Å². The summed E-state index contributed by atoms with van der Waals surface area (Å²) in [5.74, 6) is -0.400. The Labute approximate surface area is 243 Å². The number of anilines is 1. The molecule has 41 heavy (non-hydrogen) atoms. The highest BCUT2D eigenvalue weighted by Gasteiger charge is 2.24. The molecule has 0 aliphatic rings. The van der Waals surface area contributed by atoms with Crippen molar-refractivity contribution in [1.82, 2.24) is 39.1 Å². The number of pyridine rings is 1. The van der Waals surface area contributed by atoms with Crippen LogP contribution >= 0.6 is 23.2 Å². The number of nitrogens with one attached hydrogen (secondary N) is 1. The molecule has 0 saturated heterocycles. The number of fused-ring (bicyclic) bond motifs is 1. The molecule has 0 aliphatic carbocycles. The van der Waals surface area contributed by atoms with Crippen LogP contribution in [0.25, 0.3) is 28.1 Å². The molecular weight excluding hydrogens is 565 g/mol. The molecule has 4 aromatic heterocycles. The zero-order valence-corrected chi connectivity index (χ0v) is 23.0. The number of benzene rings is 2. The van der Waals surface area contributed by atoms with Crippen molar-refractivity contribution < 1.29 is 4.79 Å². The number of amides is 1. The monoisotopic (exact) mass is 585 g/mol. The molecule has 11 nitrogen and oxygen atoms in total. The minimum absolute atomic E-state index is 0.210. The van der Waals surface area contributed by atoms with Crippen LogP contribution in [-0.4, -0.2) is 45.0 Å². The maximum Gasteiger partial charge on any atom is 0.254 e. The summed E-state index contributed by atoms with van der Waals surface area (Å²) in [6, 6.07) is 16.7. The summed E-state index contributed by atoms with van der Waals surface area (Å²) in [7, 11) is 1.84. The summed E-state index contributed by atoms with van der Waals surface area (Å²) in [6.07, 6.45) is 6.36. The molecule has 204 valence electrons. The molecule has 2 aromatic carbocycles. The van der Waals surface area contributed by atoms with Crippen molar-refractivity contribution in [2.75, 3.05) is 5.32 Å². The van der Waals surface area contributed by atoms with Crippen molar-refractivity contribution in [3.63, 3.8) is 0 Å². The Balaban J connectivity index is 1.37. The molecule has 1 atom stereocenters. The molecule has 13 heteroatoms. The van der Waals surface area contributed by atoms with Crippen molar-refractivity contribution in [3.05, 3.63) is 112 Å². The number of nitrogens with zero attached hydrogens (tertiary/aromatic N) is 8. The van der Waals surface area contributed by atoms with E-state index < -0.39 is 17.5 Å². The quantitative estimate of drug-likeness (QED) is 0.292. The highest BCUT2D eigenvalue weighted by molar-refractivity contribution is 6.31. The molecule has 1 amide bonds. The number of imidazole rings is 1. The summed E-state index contributed by atoms with van der Waals surface area (Å²) >= 11 is 12.3. The van der Waals surface area contributed by atoms with Gasteiger partial charge in [-0.25, -0.2) is 19.6 Å². The van der Waals surface area contributed by atoms with E-state index in [0.717, 1.165) is 5.56 Å². The van der Waals surface area contributed by atoms with Gasteiger partial charge >= 0.3 is 0 Å². The van der Waals surface area contributed by atoms with Crippen LogP contribution in [0.2, 0.25) is 10.2 Å². The molecule has 1 N–H and O–H groups in total. The summed E-state index contributed by atoms with van der Waals surface area (Å²) in [5, 5.41) is 11.4. The lowest BCUT2D eigenvalue weighted by Crippen LogP contribution is -2.34. The fourth-order valence-corrected chi connectivity index (χ4v) is 4.83. The van der Waals surface area contributed by atoms with E-state index in [1.165, 1.54) is 27.8 Å². The Morgan fingerprint density at radius 3 is 2.59 bits per heavy atom. The van der Waals surface area contributed by atoms with Crippen molar-refractivity contribution in [1.29, 1.82) is 0 Å². The second-order valence-electron chi connectivity index (χ2n) is 9.28. The molecule has 6 rings (SSSR count). The summed E-state index contributed by atoms with van der Waals surface area (Å²) in [6.45, 7) is 0. The lowest BCUT2D eigenvalue weighted by molar-refractivity contribution is -0.119. The zero-order valence-electron chi connectivity index (χ0n) is 21.5. The molecule has 0 bridgehead atoms. The number of hydrogen-bond donors (Lipinski definition) is 1. The van der Waals surface area contributed by atoms with Gasteiger partial charge in [-0.05, 0) is 29.8 Å². The second-order valence-corrected chi connectivity index (χ2v) is 10.1. The third-order valence-corrected chi connectivity index (χ3v) is 6.92. The topological polar surface area (TPSA) is 125 Å². The van der Waals surface area contributed by atoms with Gasteiger partial charge < -0.3 is 9.88 Å². The third kappa shape index (κ3) is 5.45. The van der Waals surface area contributed by atoms with Gasteiger partial charge in [0.2, 0.25) is 5.91 Å². The van der Waals surface area contributed by atoms with Crippen molar-refractivity contribution in [3.8, 4) is 16.9 Å². The second kappa shape index (κ2) is 11.0. The average molecular weight is 586 g/mol. The van der Waals surface area contributed by atoms with Gasteiger partial charge in [0.15, 0.2) is 10.8 Å². The minimum Gasteiger partial charge on any atom is -0.323 e. The average Bonchev–Trinajstić information content (AvgIpc) is 3.57. The lowest BCUT2D eigenvalue weighted by Gasteiger charge is -2.20. The minimum atomic E-state index is -0.904. The number of aryl methyl sites for hydroxylation is 1. The number of hydrogen-bond acceptors (Lipinski definition) is 7. The normalized spacial score (nSPS) is 12.0. The van der Waals surface area contributed by atoms with Gasteiger partial charge in [0, 0.05) is 30.1 Å². The van der Waals surface area contributed by atoms with Gasteiger partial charge in [-0.2, -0.15) is 0 Å². The predicted molar refractivity (Wildman–Crippen MR) is 155 cm³/mol. The zero-order chi connectivity index (χ0) is 28.5. The van der Waals surface area contributed by atoms with E-state index in [0.29, 0.717) is 38.8 Å². The van der Waals surface area contributed by atoms with Crippen molar-refractivity contribution >= 4 is 46.0 Å². The molecule has 6 aromatic rings. The number of aromatic nitrogens is 8. The van der Waals surface area contributed by atoms with E-state index in [1.54, 1.807) is 41.4 Å². The molecule has 0 fully saturated rings. The van der Waals surface area contributed by atoms with Gasteiger partial charge in [0.1, 0.15) is 11.6 Å². The Kier molecular flexibility index (Phi) is 7.04. The van der Waals surface area contributed by atoms with Crippen LogP contribution in [0.1, 0.15) is 11.6 Å². The predicted octanol–water partition coefficient (Wildman–Crippen LogP) is 4.50. The smallest absolute Gasteiger partial charge is 0.254 e. The number of rotatable bonds is 7. The van der Waals surface area contributed by atoms with Gasteiger partial charge in [-0.1, -0.05) is 58.7 Å². The highest BCUT2D eigenvalue weighted by atomic mass is 35.5. The van der Waals surface area contributed by atoms with E-state index in [-0.39, 0.29) is 11.6 Å². The number of halogens is 2. The largest absolute Gasteiger partial charge is 0.323 e. The molecule has 0 radical (unpaired) electrons. The first-order chi connectivity index (χ1) is 19.9. The molecule has 0 aliphatic heterocycles. The Bertz CT molecular complexity index is 1950. The standard InChI is InChI=1S/C28H21Cl2N9O2/c1-37-15-32-22-11-19(13-31-27(22)37)34-28(41)24(9-17-5-3-2-4-6-17)38-16-33-21(12-26(38)40)20-10-18(29)7-8-23(20)39-14-25(30)35-36-39/h2-8,10-16,24H,9H2,1H3,(H,34,41). The van der Waals surface area contributed by atoms with E-state index in [9.17, 15) is 9.59 Å². The van der Waals surface area contributed by atoms with Crippen LogP contribution < -0.4 is 10.9 Å². The van der Waals surface area contributed by atoms with Crippen molar-refractivity contribution in [2.24, 2.45) is 7.05 Å². The molecule has 0 saturated carbocycles. The number of carbonyl (C=O) groups is 1. The molecule has 4 heterocycles. The first-order valence-corrected chi connectivity index (χ1v) is 13.2. The van der Waals surface area contributed by atoms with E-state index in [4.69, 9.17) is 23.2 Å². The van der Waals surface area contributed by atoms with Crippen LogP contribution in [0.5, 0.6) is 0 Å². The van der Waals surface area contributed by atoms with E-state index >= 15 is 0 Å². The first-order valence-electron chi connectivity index (χ1n) is 12.4. The third-order valence-electron chi connectivity index (χ3n) is 6.51. The van der Waals surface area contributed by atoms with E-state index in [2.05, 4.69) is 30.6 Å². The molecular formula is C28H21Cl2N9O2. The van der Waals surface area contributed by atoms with E-state index in [1.807, 2.05) is 37.4 Å². The van der Waals surface area contributed by atoms with Crippen LogP contribution in [0.4, 0.5) is 5.69 Å². The number of carbonyl (C=O) groups excluding carboxylic acids is 1. The van der Waals surface area contributed by atoms with Crippen LogP contribution in [0.15, 0.2) is 90.5 Å². The maximum absolute atomic E-state index is 13.7. The fourth-order valence-electron chi connectivity index (χ4n) is 4.53. The molecule has 1 unspecified atom stereocenters. The highest BCUT2D eigenvalue weighted by Crippen LogP contribution is 2.28. The summed E-state index contributed by atoms with van der Waals surface area (Å²) in [4.78, 5) is 40.4.